The number of amides is 1. The maximum atomic E-state index is 12.3. The van der Waals surface area contributed by atoms with Crippen molar-refractivity contribution in [1.82, 2.24) is 9.62 Å². The van der Waals surface area contributed by atoms with Gasteiger partial charge < -0.3 is 4.90 Å². The van der Waals surface area contributed by atoms with Gasteiger partial charge >= 0.3 is 0 Å². The van der Waals surface area contributed by atoms with Crippen molar-refractivity contribution in [2.45, 2.75) is 56.4 Å². The standard InChI is InChI=1S/C17H25ClN2O3S/c1-14(21)20(15-8-4-2-3-5-9-15)13-12-19-24(22,23)17-11-7-6-10-16(17)18/h6-7,10-11,15,19H,2-5,8-9,12-13H2,1H3. The number of sulfonamides is 1. The molecule has 1 aromatic carbocycles. The fraction of sp³-hybridized carbons (Fsp3) is 0.588. The Bertz CT molecular complexity index is 656. The topological polar surface area (TPSA) is 66.5 Å². The van der Waals surface area contributed by atoms with Gasteiger partial charge in [0.05, 0.1) is 5.02 Å². The highest BCUT2D eigenvalue weighted by Gasteiger charge is 2.23. The number of hydrogen-bond donors (Lipinski definition) is 1. The van der Waals surface area contributed by atoms with Gasteiger partial charge in [-0.1, -0.05) is 49.4 Å². The maximum absolute atomic E-state index is 12.3. The molecule has 7 heteroatoms. The Balaban J connectivity index is 1.97. The summed E-state index contributed by atoms with van der Waals surface area (Å²) in [6.07, 6.45) is 6.66. The molecule has 2 rings (SSSR count). The van der Waals surface area contributed by atoms with Crippen molar-refractivity contribution in [2.75, 3.05) is 13.1 Å². The summed E-state index contributed by atoms with van der Waals surface area (Å²) in [4.78, 5) is 13.8. The van der Waals surface area contributed by atoms with E-state index >= 15 is 0 Å². The highest BCUT2D eigenvalue weighted by atomic mass is 35.5. The molecule has 1 aliphatic rings. The van der Waals surface area contributed by atoms with Crippen LogP contribution in [0, 0.1) is 0 Å². The van der Waals surface area contributed by atoms with E-state index in [-0.39, 0.29) is 28.4 Å². The van der Waals surface area contributed by atoms with E-state index in [1.807, 2.05) is 0 Å². The fourth-order valence-corrected chi connectivity index (χ4v) is 4.75. The lowest BCUT2D eigenvalue weighted by Gasteiger charge is -2.30. The predicted octanol–water partition coefficient (Wildman–Crippen LogP) is 3.19. The fourth-order valence-electron chi connectivity index (χ4n) is 3.21. The summed E-state index contributed by atoms with van der Waals surface area (Å²) in [6, 6.07) is 6.55. The zero-order chi connectivity index (χ0) is 17.6. The molecule has 1 fully saturated rings. The molecule has 0 bridgehead atoms. The lowest BCUT2D eigenvalue weighted by molar-refractivity contribution is -0.131. The SMILES string of the molecule is CC(=O)N(CCNS(=O)(=O)c1ccccc1Cl)C1CCCCCC1. The summed E-state index contributed by atoms with van der Waals surface area (Å²) in [5.74, 6) is -0.00107. The molecule has 1 saturated carbocycles. The van der Waals surface area contributed by atoms with Crippen LogP contribution in [0.1, 0.15) is 45.4 Å². The number of carbonyl (C=O) groups is 1. The van der Waals surface area contributed by atoms with E-state index in [4.69, 9.17) is 11.6 Å². The quantitative estimate of drug-likeness (QED) is 0.780. The highest BCUT2D eigenvalue weighted by molar-refractivity contribution is 7.89. The minimum absolute atomic E-state index is 0.00107. The van der Waals surface area contributed by atoms with E-state index in [9.17, 15) is 13.2 Å². The first kappa shape index (κ1) is 19.2. The molecule has 134 valence electrons. The Labute approximate surface area is 149 Å². The first-order chi connectivity index (χ1) is 11.4. The van der Waals surface area contributed by atoms with Crippen molar-refractivity contribution in [1.29, 1.82) is 0 Å². The van der Waals surface area contributed by atoms with Gasteiger partial charge in [-0.25, -0.2) is 13.1 Å². The van der Waals surface area contributed by atoms with Crippen LogP contribution in [0.25, 0.3) is 0 Å². The third-order valence-corrected chi connectivity index (χ3v) is 6.40. The molecule has 0 atom stereocenters. The molecule has 0 radical (unpaired) electrons. The second-order valence-electron chi connectivity index (χ2n) is 6.19. The summed E-state index contributed by atoms with van der Waals surface area (Å²) in [5.41, 5.74) is 0. The molecule has 1 aliphatic carbocycles. The number of carbonyl (C=O) groups excluding carboxylic acids is 1. The van der Waals surface area contributed by atoms with E-state index in [1.165, 1.54) is 18.9 Å². The summed E-state index contributed by atoms with van der Waals surface area (Å²) in [5, 5.41) is 0.192. The van der Waals surface area contributed by atoms with Crippen LogP contribution in [0.2, 0.25) is 5.02 Å². The van der Waals surface area contributed by atoms with E-state index < -0.39 is 10.0 Å². The Morgan fingerprint density at radius 3 is 2.42 bits per heavy atom. The number of benzene rings is 1. The van der Waals surface area contributed by atoms with Crippen LogP contribution < -0.4 is 4.72 Å². The Kier molecular flexibility index (Phi) is 7.07. The van der Waals surface area contributed by atoms with E-state index in [1.54, 1.807) is 30.0 Å². The zero-order valence-electron chi connectivity index (χ0n) is 14.0. The molecular formula is C17H25ClN2O3S. The molecule has 0 unspecified atom stereocenters. The van der Waals surface area contributed by atoms with Crippen molar-refractivity contribution in [2.24, 2.45) is 0 Å². The first-order valence-electron chi connectivity index (χ1n) is 8.43. The second-order valence-corrected chi connectivity index (χ2v) is 8.33. The van der Waals surface area contributed by atoms with Gasteiger partial charge in [-0.2, -0.15) is 0 Å². The summed E-state index contributed by atoms with van der Waals surface area (Å²) in [6.45, 7) is 2.11. The maximum Gasteiger partial charge on any atom is 0.242 e. The molecular weight excluding hydrogens is 348 g/mol. The van der Waals surface area contributed by atoms with Crippen molar-refractivity contribution in [3.8, 4) is 0 Å². The number of halogens is 1. The third kappa shape index (κ3) is 5.19. The van der Waals surface area contributed by atoms with E-state index in [2.05, 4.69) is 4.72 Å². The Morgan fingerprint density at radius 2 is 1.83 bits per heavy atom. The van der Waals surface area contributed by atoms with Crippen LogP contribution in [-0.4, -0.2) is 38.4 Å². The molecule has 24 heavy (non-hydrogen) atoms. The molecule has 0 spiro atoms. The van der Waals surface area contributed by atoms with Gasteiger partial charge in [-0.3, -0.25) is 4.79 Å². The first-order valence-corrected chi connectivity index (χ1v) is 10.3. The van der Waals surface area contributed by atoms with Crippen molar-refractivity contribution < 1.29 is 13.2 Å². The Hall–Kier alpha value is -1.11. The molecule has 5 nitrogen and oxygen atoms in total. The van der Waals surface area contributed by atoms with Crippen molar-refractivity contribution >= 4 is 27.5 Å². The molecule has 1 N–H and O–H groups in total. The minimum atomic E-state index is -3.67. The normalized spacial score (nSPS) is 16.6. The van der Waals surface area contributed by atoms with Crippen LogP contribution in [0.5, 0.6) is 0 Å². The predicted molar refractivity (Wildman–Crippen MR) is 95.5 cm³/mol. The molecule has 1 amide bonds. The van der Waals surface area contributed by atoms with E-state index in [0.29, 0.717) is 6.54 Å². The van der Waals surface area contributed by atoms with Crippen molar-refractivity contribution in [3.63, 3.8) is 0 Å². The molecule has 0 saturated heterocycles. The van der Waals surface area contributed by atoms with Gasteiger partial charge in [0.1, 0.15) is 4.90 Å². The van der Waals surface area contributed by atoms with Crippen molar-refractivity contribution in [3.05, 3.63) is 29.3 Å². The average Bonchev–Trinajstić information content (AvgIpc) is 2.80. The smallest absolute Gasteiger partial charge is 0.242 e. The second kappa shape index (κ2) is 8.83. The number of nitrogens with zero attached hydrogens (tertiary/aromatic N) is 1. The van der Waals surface area contributed by atoms with Gasteiger partial charge in [0, 0.05) is 26.1 Å². The Morgan fingerprint density at radius 1 is 1.21 bits per heavy atom. The van der Waals surface area contributed by atoms with Gasteiger partial charge in [0.25, 0.3) is 0 Å². The van der Waals surface area contributed by atoms with E-state index in [0.717, 1.165) is 25.7 Å². The average molecular weight is 373 g/mol. The third-order valence-electron chi connectivity index (χ3n) is 4.44. The monoisotopic (exact) mass is 372 g/mol. The van der Waals surface area contributed by atoms with Crippen LogP contribution in [0.4, 0.5) is 0 Å². The van der Waals surface area contributed by atoms with Crippen LogP contribution >= 0.6 is 11.6 Å². The van der Waals surface area contributed by atoms with Crippen LogP contribution in [-0.2, 0) is 14.8 Å². The summed E-state index contributed by atoms with van der Waals surface area (Å²) < 4.78 is 27.2. The summed E-state index contributed by atoms with van der Waals surface area (Å²) in [7, 11) is -3.67. The van der Waals surface area contributed by atoms with Gasteiger partial charge in [0.2, 0.25) is 15.9 Å². The largest absolute Gasteiger partial charge is 0.339 e. The zero-order valence-corrected chi connectivity index (χ0v) is 15.6. The summed E-state index contributed by atoms with van der Waals surface area (Å²) >= 11 is 5.96. The number of hydrogen-bond acceptors (Lipinski definition) is 3. The minimum Gasteiger partial charge on any atom is -0.339 e. The number of rotatable bonds is 6. The van der Waals surface area contributed by atoms with Gasteiger partial charge in [-0.05, 0) is 25.0 Å². The number of nitrogens with one attached hydrogen (secondary N) is 1. The highest BCUT2D eigenvalue weighted by Crippen LogP contribution is 2.22. The molecule has 1 aromatic rings. The lowest BCUT2D eigenvalue weighted by Crippen LogP contribution is -2.43. The van der Waals surface area contributed by atoms with Crippen LogP contribution in [0.3, 0.4) is 0 Å². The molecule has 0 heterocycles. The lowest BCUT2D eigenvalue weighted by atomic mass is 10.1. The van der Waals surface area contributed by atoms with Gasteiger partial charge in [-0.15, -0.1) is 0 Å². The van der Waals surface area contributed by atoms with Gasteiger partial charge in [0.15, 0.2) is 0 Å². The molecule has 0 aliphatic heterocycles. The molecule has 0 aromatic heterocycles. The van der Waals surface area contributed by atoms with Crippen LogP contribution in [0.15, 0.2) is 29.2 Å².